The maximum atomic E-state index is 12.9. The largest absolute Gasteiger partial charge is 0.496 e. The quantitative estimate of drug-likeness (QED) is 0.527. The molecule has 2 heterocycles. The van der Waals surface area contributed by atoms with Gasteiger partial charge in [0.05, 0.1) is 12.0 Å². The lowest BCUT2D eigenvalue weighted by Gasteiger charge is -2.23. The highest BCUT2D eigenvalue weighted by Gasteiger charge is 2.32. The van der Waals surface area contributed by atoms with Gasteiger partial charge in [0, 0.05) is 18.2 Å². The van der Waals surface area contributed by atoms with Crippen molar-refractivity contribution in [2.45, 2.75) is 38.5 Å². The van der Waals surface area contributed by atoms with Crippen molar-refractivity contribution >= 4 is 40.3 Å². The van der Waals surface area contributed by atoms with Crippen molar-refractivity contribution in [1.29, 1.82) is 0 Å². The van der Waals surface area contributed by atoms with Gasteiger partial charge in [0.15, 0.2) is 11.5 Å². The van der Waals surface area contributed by atoms with Crippen molar-refractivity contribution in [3.63, 3.8) is 0 Å². The van der Waals surface area contributed by atoms with Crippen LogP contribution in [0, 0.1) is 5.92 Å². The van der Waals surface area contributed by atoms with Gasteiger partial charge < -0.3 is 14.2 Å². The highest BCUT2D eigenvalue weighted by molar-refractivity contribution is 8.26. The Hall–Kier alpha value is -1.73. The summed E-state index contributed by atoms with van der Waals surface area (Å²) < 4.78 is 16.9. The van der Waals surface area contributed by atoms with Crippen LogP contribution in [0.3, 0.4) is 0 Å². The summed E-state index contributed by atoms with van der Waals surface area (Å²) in [6.45, 7) is 0.913. The van der Waals surface area contributed by atoms with Crippen LogP contribution in [0.15, 0.2) is 17.0 Å². The zero-order valence-electron chi connectivity index (χ0n) is 15.4. The van der Waals surface area contributed by atoms with Crippen molar-refractivity contribution in [3.05, 3.63) is 22.6 Å². The molecule has 0 atom stereocenters. The Morgan fingerprint density at radius 2 is 2.00 bits per heavy atom. The highest BCUT2D eigenvalue weighted by atomic mass is 32.2. The van der Waals surface area contributed by atoms with Gasteiger partial charge in [0.1, 0.15) is 10.1 Å². The van der Waals surface area contributed by atoms with E-state index in [9.17, 15) is 4.79 Å². The van der Waals surface area contributed by atoms with Crippen molar-refractivity contribution in [1.82, 2.24) is 4.90 Å². The molecular formula is C20H23NO4S2. The van der Waals surface area contributed by atoms with E-state index in [1.807, 2.05) is 12.1 Å². The number of amides is 1. The molecule has 1 aromatic carbocycles. The summed E-state index contributed by atoms with van der Waals surface area (Å²) in [5, 5.41) is 0. The van der Waals surface area contributed by atoms with Crippen LogP contribution in [0.2, 0.25) is 0 Å². The van der Waals surface area contributed by atoms with Gasteiger partial charge >= 0.3 is 0 Å². The normalized spacial score (nSPS) is 21.4. The summed E-state index contributed by atoms with van der Waals surface area (Å²) in [6.07, 6.45) is 9.39. The minimum absolute atomic E-state index is 0.0134. The predicted molar refractivity (Wildman–Crippen MR) is 110 cm³/mol. The van der Waals surface area contributed by atoms with E-state index in [2.05, 4.69) is 0 Å². The molecule has 1 aliphatic carbocycles. The molecule has 1 saturated carbocycles. The van der Waals surface area contributed by atoms with Crippen molar-refractivity contribution in [2.24, 2.45) is 5.92 Å². The van der Waals surface area contributed by atoms with Crippen LogP contribution in [0.5, 0.6) is 17.2 Å². The van der Waals surface area contributed by atoms with E-state index in [-0.39, 0.29) is 12.7 Å². The van der Waals surface area contributed by atoms with Crippen molar-refractivity contribution < 1.29 is 19.0 Å². The van der Waals surface area contributed by atoms with E-state index in [1.54, 1.807) is 18.1 Å². The van der Waals surface area contributed by atoms with Crippen LogP contribution in [0.1, 0.15) is 44.1 Å². The fraction of sp³-hybridized carbons (Fsp3) is 0.500. The van der Waals surface area contributed by atoms with Gasteiger partial charge in [0.2, 0.25) is 6.79 Å². The lowest BCUT2D eigenvalue weighted by atomic mass is 9.87. The van der Waals surface area contributed by atoms with E-state index in [4.69, 9.17) is 26.4 Å². The average molecular weight is 406 g/mol. The lowest BCUT2D eigenvalue weighted by Crippen LogP contribution is -2.30. The third-order valence-electron chi connectivity index (χ3n) is 5.37. The standard InChI is InChI=1S/C20H23NO4S2/c1-23-15-11-17-16(24-12-25-17)9-14(15)10-18-19(22)21(20(26)27-18)8-7-13-5-3-2-4-6-13/h9-11,13H,2-8,12H2,1H3/b18-10+. The third-order valence-corrected chi connectivity index (χ3v) is 6.75. The van der Waals surface area contributed by atoms with E-state index < -0.39 is 0 Å². The second kappa shape index (κ2) is 8.10. The monoisotopic (exact) mass is 405 g/mol. The minimum atomic E-state index is -0.0134. The maximum Gasteiger partial charge on any atom is 0.266 e. The minimum Gasteiger partial charge on any atom is -0.496 e. The number of thiocarbonyl (C=S) groups is 1. The molecular weight excluding hydrogens is 382 g/mol. The van der Waals surface area contributed by atoms with Gasteiger partial charge in [0.25, 0.3) is 5.91 Å². The number of thioether (sulfide) groups is 1. The van der Waals surface area contributed by atoms with Gasteiger partial charge in [-0.3, -0.25) is 9.69 Å². The average Bonchev–Trinajstić information content (AvgIpc) is 3.24. The van der Waals surface area contributed by atoms with Crippen LogP contribution in [-0.4, -0.2) is 35.6 Å². The van der Waals surface area contributed by atoms with Gasteiger partial charge in [-0.2, -0.15) is 0 Å². The topological polar surface area (TPSA) is 48.0 Å². The molecule has 4 rings (SSSR count). The molecule has 27 heavy (non-hydrogen) atoms. The number of benzene rings is 1. The molecule has 0 unspecified atom stereocenters. The predicted octanol–water partition coefficient (Wildman–Crippen LogP) is 4.60. The molecule has 0 spiro atoms. The molecule has 1 amide bonds. The summed E-state index contributed by atoms with van der Waals surface area (Å²) in [4.78, 5) is 15.3. The summed E-state index contributed by atoms with van der Waals surface area (Å²) >= 11 is 6.83. The number of hydrogen-bond donors (Lipinski definition) is 0. The van der Waals surface area contributed by atoms with E-state index >= 15 is 0 Å². The second-order valence-electron chi connectivity index (χ2n) is 7.07. The molecule has 0 radical (unpaired) electrons. The molecule has 7 heteroatoms. The molecule has 0 N–H and O–H groups in total. The van der Waals surface area contributed by atoms with E-state index in [0.717, 1.165) is 17.9 Å². The first kappa shape index (κ1) is 18.6. The number of methoxy groups -OCH3 is 1. The maximum absolute atomic E-state index is 12.9. The number of hydrogen-bond acceptors (Lipinski definition) is 6. The molecule has 2 aliphatic heterocycles. The van der Waals surface area contributed by atoms with Gasteiger partial charge in [-0.05, 0) is 24.5 Å². The Morgan fingerprint density at radius 1 is 1.26 bits per heavy atom. The SMILES string of the molecule is COc1cc2c(cc1/C=C1/SC(=S)N(CCC3CCCCC3)C1=O)OCO2. The number of fused-ring (bicyclic) bond motifs is 1. The zero-order valence-corrected chi connectivity index (χ0v) is 17.0. The Bertz CT molecular complexity index is 786. The van der Waals surface area contributed by atoms with Crippen LogP contribution in [0.4, 0.5) is 0 Å². The fourth-order valence-corrected chi connectivity index (χ4v) is 5.15. The van der Waals surface area contributed by atoms with Gasteiger partial charge in [-0.25, -0.2) is 0 Å². The van der Waals surface area contributed by atoms with Gasteiger partial charge in [-0.15, -0.1) is 0 Å². The van der Waals surface area contributed by atoms with Crippen molar-refractivity contribution in [3.8, 4) is 17.2 Å². The highest BCUT2D eigenvalue weighted by Crippen LogP contribution is 2.41. The Kier molecular flexibility index (Phi) is 5.59. The summed E-state index contributed by atoms with van der Waals surface area (Å²) in [6, 6.07) is 3.63. The zero-order chi connectivity index (χ0) is 18.8. The van der Waals surface area contributed by atoms with Crippen LogP contribution >= 0.6 is 24.0 Å². The van der Waals surface area contributed by atoms with Crippen molar-refractivity contribution in [2.75, 3.05) is 20.4 Å². The van der Waals surface area contributed by atoms with Crippen LogP contribution in [-0.2, 0) is 4.79 Å². The summed E-state index contributed by atoms with van der Waals surface area (Å²) in [5.41, 5.74) is 0.787. The molecule has 0 aromatic heterocycles. The first-order valence-electron chi connectivity index (χ1n) is 9.38. The Labute approximate surface area is 169 Å². The summed E-state index contributed by atoms with van der Waals surface area (Å²) in [5.74, 6) is 2.67. The summed E-state index contributed by atoms with van der Waals surface area (Å²) in [7, 11) is 1.60. The lowest BCUT2D eigenvalue weighted by molar-refractivity contribution is -0.122. The number of rotatable bonds is 5. The van der Waals surface area contributed by atoms with E-state index in [1.165, 1.54) is 43.9 Å². The molecule has 1 aromatic rings. The second-order valence-corrected chi connectivity index (χ2v) is 8.75. The fourth-order valence-electron chi connectivity index (χ4n) is 3.85. The number of carbonyl (C=O) groups is 1. The molecule has 0 bridgehead atoms. The third kappa shape index (κ3) is 3.94. The van der Waals surface area contributed by atoms with E-state index in [0.29, 0.717) is 33.0 Å². The molecule has 3 aliphatic rings. The molecule has 144 valence electrons. The smallest absolute Gasteiger partial charge is 0.266 e. The number of carbonyl (C=O) groups excluding carboxylic acids is 1. The molecule has 2 fully saturated rings. The first-order chi connectivity index (χ1) is 13.2. The molecule has 5 nitrogen and oxygen atoms in total. The molecule has 1 saturated heterocycles. The Morgan fingerprint density at radius 3 is 2.74 bits per heavy atom. The van der Waals surface area contributed by atoms with Crippen LogP contribution in [0.25, 0.3) is 6.08 Å². The Balaban J connectivity index is 1.49. The number of ether oxygens (including phenoxy) is 3. The number of nitrogens with zero attached hydrogens (tertiary/aromatic N) is 1. The van der Waals surface area contributed by atoms with Gasteiger partial charge in [-0.1, -0.05) is 56.1 Å². The first-order valence-corrected chi connectivity index (χ1v) is 10.6. The van der Waals surface area contributed by atoms with Crippen LogP contribution < -0.4 is 14.2 Å².